The van der Waals surface area contributed by atoms with Gasteiger partial charge in [0.1, 0.15) is 11.2 Å². The van der Waals surface area contributed by atoms with Gasteiger partial charge in [0.05, 0.1) is 11.4 Å². The molecule has 0 unspecified atom stereocenters. The Kier molecular flexibility index (Phi) is 6.68. The van der Waals surface area contributed by atoms with Crippen LogP contribution in [0.5, 0.6) is 0 Å². The maximum Gasteiger partial charge on any atom is 0.161 e. The van der Waals surface area contributed by atoms with Crippen molar-refractivity contribution >= 4 is 53.4 Å². The largest absolute Gasteiger partial charge is 0.455 e. The van der Waals surface area contributed by atoms with Gasteiger partial charge in [-0.05, 0) is 59.2 Å². The van der Waals surface area contributed by atoms with E-state index in [9.17, 15) is 0 Å². The number of aromatic nitrogens is 2. The van der Waals surface area contributed by atoms with Crippen molar-refractivity contribution in [2.45, 2.75) is 0 Å². The summed E-state index contributed by atoms with van der Waals surface area (Å²) < 4.78 is 9.31. The molecule has 0 aliphatic rings. The second-order valence-corrected chi connectivity index (χ2v) is 13.6. The predicted octanol–water partition coefficient (Wildman–Crippen LogP) is 13.1. The maximum atomic E-state index is 6.73. The molecule has 0 spiro atoms. The molecule has 0 aliphatic heterocycles. The fourth-order valence-corrected chi connectivity index (χ4v) is 8.26. The fourth-order valence-electron chi connectivity index (χ4n) is 7.17. The number of thiophene rings is 1. The average Bonchev–Trinajstić information content (AvgIpc) is 3.77. The van der Waals surface area contributed by atoms with E-state index >= 15 is 0 Å². The number of fused-ring (bicyclic) bond motifs is 6. The van der Waals surface area contributed by atoms with Crippen molar-refractivity contribution in [3.63, 3.8) is 0 Å². The Morgan fingerprint density at radius 2 is 1.04 bits per heavy atom. The van der Waals surface area contributed by atoms with Gasteiger partial charge in [0, 0.05) is 53.2 Å². The molecule has 0 bridgehead atoms. The van der Waals surface area contributed by atoms with E-state index in [0.29, 0.717) is 5.82 Å². The standard InChI is InChI=1S/C46H28N2OS/c1-3-13-29(14-4-1)32-17-7-8-18-34(32)40-28-39(30-15-5-2-6-16-30)47-46(48-40)37-25-24-33(45-44(37)36-20-9-11-21-41(36)49-45)31-23-26-43-38(27-31)35-19-10-12-22-42(35)50-43/h1-28H. The van der Waals surface area contributed by atoms with Crippen LogP contribution in [0.25, 0.3) is 98.3 Å². The lowest BCUT2D eigenvalue weighted by Gasteiger charge is -2.14. The van der Waals surface area contributed by atoms with E-state index < -0.39 is 0 Å². The van der Waals surface area contributed by atoms with Gasteiger partial charge in [-0.2, -0.15) is 0 Å². The molecular formula is C46H28N2OS. The molecule has 0 saturated heterocycles. The van der Waals surface area contributed by atoms with Crippen LogP contribution in [0.15, 0.2) is 174 Å². The summed E-state index contributed by atoms with van der Waals surface area (Å²) in [7, 11) is 0. The van der Waals surface area contributed by atoms with E-state index in [1.165, 1.54) is 20.2 Å². The van der Waals surface area contributed by atoms with E-state index in [2.05, 4.69) is 146 Å². The maximum absolute atomic E-state index is 6.73. The van der Waals surface area contributed by atoms with E-state index in [1.807, 2.05) is 35.6 Å². The molecule has 3 aromatic heterocycles. The molecule has 0 N–H and O–H groups in total. The number of hydrogen-bond donors (Lipinski definition) is 0. The summed E-state index contributed by atoms with van der Waals surface area (Å²) in [6, 6.07) is 59.5. The lowest BCUT2D eigenvalue weighted by atomic mass is 9.95. The number of rotatable bonds is 5. The van der Waals surface area contributed by atoms with Crippen molar-refractivity contribution in [2.24, 2.45) is 0 Å². The lowest BCUT2D eigenvalue weighted by Crippen LogP contribution is -1.97. The molecule has 10 rings (SSSR count). The molecule has 4 heteroatoms. The molecule has 7 aromatic carbocycles. The summed E-state index contributed by atoms with van der Waals surface area (Å²) in [6.07, 6.45) is 0. The minimum Gasteiger partial charge on any atom is -0.455 e. The van der Waals surface area contributed by atoms with Crippen LogP contribution < -0.4 is 0 Å². The Balaban J connectivity index is 1.23. The molecule has 0 atom stereocenters. The second-order valence-electron chi connectivity index (χ2n) is 12.5. The Labute approximate surface area is 292 Å². The fraction of sp³-hybridized carbons (Fsp3) is 0. The summed E-state index contributed by atoms with van der Waals surface area (Å²) in [6.45, 7) is 0. The molecule has 0 aliphatic carbocycles. The van der Waals surface area contributed by atoms with Crippen molar-refractivity contribution in [3.05, 3.63) is 170 Å². The summed E-state index contributed by atoms with van der Waals surface area (Å²) in [5.41, 5.74) is 10.9. The van der Waals surface area contributed by atoms with E-state index in [1.54, 1.807) is 0 Å². The van der Waals surface area contributed by atoms with Gasteiger partial charge in [-0.15, -0.1) is 11.3 Å². The molecule has 3 heterocycles. The van der Waals surface area contributed by atoms with Crippen molar-refractivity contribution < 1.29 is 4.42 Å². The summed E-state index contributed by atoms with van der Waals surface area (Å²) in [4.78, 5) is 10.6. The zero-order chi connectivity index (χ0) is 33.0. The third-order valence-corrected chi connectivity index (χ3v) is 10.7. The van der Waals surface area contributed by atoms with E-state index in [4.69, 9.17) is 14.4 Å². The minimum absolute atomic E-state index is 0.659. The van der Waals surface area contributed by atoms with Crippen molar-refractivity contribution in [3.8, 4) is 56.2 Å². The first-order valence-electron chi connectivity index (χ1n) is 16.7. The summed E-state index contributed by atoms with van der Waals surface area (Å²) >= 11 is 1.83. The second kappa shape index (κ2) is 11.7. The van der Waals surface area contributed by atoms with Crippen LogP contribution in [-0.2, 0) is 0 Å². The SMILES string of the molecule is c1ccc(-c2cc(-c3ccccc3-c3ccccc3)nc(-c3ccc(-c4ccc5sc6ccccc6c5c4)c4oc5ccccc5c34)n2)cc1. The van der Waals surface area contributed by atoms with Crippen molar-refractivity contribution in [1.29, 1.82) is 0 Å². The Morgan fingerprint density at radius 3 is 1.88 bits per heavy atom. The average molecular weight is 657 g/mol. The van der Waals surface area contributed by atoms with Gasteiger partial charge in [0.15, 0.2) is 5.82 Å². The van der Waals surface area contributed by atoms with Gasteiger partial charge in [-0.1, -0.05) is 127 Å². The smallest absolute Gasteiger partial charge is 0.161 e. The molecule has 50 heavy (non-hydrogen) atoms. The Hall–Kier alpha value is -6.36. The zero-order valence-corrected chi connectivity index (χ0v) is 27.7. The molecule has 0 radical (unpaired) electrons. The highest BCUT2D eigenvalue weighted by atomic mass is 32.1. The number of hydrogen-bond acceptors (Lipinski definition) is 4. The van der Waals surface area contributed by atoms with E-state index in [-0.39, 0.29) is 0 Å². The molecule has 10 aromatic rings. The van der Waals surface area contributed by atoms with Gasteiger partial charge < -0.3 is 4.42 Å². The lowest BCUT2D eigenvalue weighted by molar-refractivity contribution is 0.670. The van der Waals surface area contributed by atoms with Crippen LogP contribution >= 0.6 is 11.3 Å². The van der Waals surface area contributed by atoms with Gasteiger partial charge in [0.2, 0.25) is 0 Å². The Morgan fingerprint density at radius 1 is 0.400 bits per heavy atom. The zero-order valence-electron chi connectivity index (χ0n) is 26.9. The topological polar surface area (TPSA) is 38.9 Å². The molecule has 0 fully saturated rings. The van der Waals surface area contributed by atoms with Crippen LogP contribution in [-0.4, -0.2) is 9.97 Å². The molecule has 234 valence electrons. The monoisotopic (exact) mass is 656 g/mol. The van der Waals surface area contributed by atoms with Gasteiger partial charge >= 0.3 is 0 Å². The highest BCUT2D eigenvalue weighted by molar-refractivity contribution is 7.25. The normalized spacial score (nSPS) is 11.6. The highest BCUT2D eigenvalue weighted by Gasteiger charge is 2.21. The van der Waals surface area contributed by atoms with Gasteiger partial charge in [0.25, 0.3) is 0 Å². The first-order valence-corrected chi connectivity index (χ1v) is 17.6. The molecule has 3 nitrogen and oxygen atoms in total. The van der Waals surface area contributed by atoms with Crippen molar-refractivity contribution in [1.82, 2.24) is 9.97 Å². The van der Waals surface area contributed by atoms with Crippen LogP contribution in [0.4, 0.5) is 0 Å². The minimum atomic E-state index is 0.659. The summed E-state index contributed by atoms with van der Waals surface area (Å²) in [5, 5.41) is 4.60. The summed E-state index contributed by atoms with van der Waals surface area (Å²) in [5.74, 6) is 0.659. The van der Waals surface area contributed by atoms with Crippen LogP contribution in [0.1, 0.15) is 0 Å². The number of para-hydroxylation sites is 1. The number of benzene rings is 7. The number of nitrogens with zero attached hydrogens (tertiary/aromatic N) is 2. The van der Waals surface area contributed by atoms with Gasteiger partial charge in [-0.3, -0.25) is 0 Å². The molecular weight excluding hydrogens is 629 g/mol. The quantitative estimate of drug-likeness (QED) is 0.185. The van der Waals surface area contributed by atoms with Crippen LogP contribution in [0.2, 0.25) is 0 Å². The predicted molar refractivity (Wildman–Crippen MR) is 209 cm³/mol. The van der Waals surface area contributed by atoms with Gasteiger partial charge in [-0.25, -0.2) is 9.97 Å². The third kappa shape index (κ3) is 4.73. The first kappa shape index (κ1) is 28.6. The van der Waals surface area contributed by atoms with Crippen LogP contribution in [0, 0.1) is 0 Å². The van der Waals surface area contributed by atoms with Crippen molar-refractivity contribution in [2.75, 3.05) is 0 Å². The number of furan rings is 1. The first-order chi connectivity index (χ1) is 24.8. The third-order valence-electron chi connectivity index (χ3n) is 9.54. The molecule has 0 amide bonds. The van der Waals surface area contributed by atoms with Crippen LogP contribution in [0.3, 0.4) is 0 Å². The Bertz CT molecular complexity index is 2870. The highest BCUT2D eigenvalue weighted by Crippen LogP contribution is 2.44. The molecule has 0 saturated carbocycles. The van der Waals surface area contributed by atoms with E-state index in [0.717, 1.165) is 72.3 Å².